The van der Waals surface area contributed by atoms with Gasteiger partial charge < -0.3 is 28.8 Å². The maximum Gasteiger partial charge on any atom is 0.296 e. The lowest BCUT2D eigenvalue weighted by Gasteiger charge is -2.25. The first-order chi connectivity index (χ1) is 16.4. The molecule has 1 N–H and O–H groups in total. The summed E-state index contributed by atoms with van der Waals surface area (Å²) in [5.41, 5.74) is 2.06. The predicted octanol–water partition coefficient (Wildman–Crippen LogP) is 3.74. The second kappa shape index (κ2) is 8.62. The number of benzene rings is 2. The number of aliphatic hydroxyl groups excluding tert-OH is 1. The van der Waals surface area contributed by atoms with E-state index in [9.17, 15) is 14.7 Å². The average Bonchev–Trinajstić information content (AvgIpc) is 3.46. The molecule has 8 heteroatoms. The zero-order chi connectivity index (χ0) is 23.8. The minimum atomic E-state index is -0.783. The van der Waals surface area contributed by atoms with E-state index in [4.69, 9.17) is 13.9 Å². The third-order valence-electron chi connectivity index (χ3n) is 5.99. The quantitative estimate of drug-likeness (QED) is 0.352. The van der Waals surface area contributed by atoms with E-state index in [1.807, 2.05) is 43.3 Å². The number of hydrogen-bond donors (Lipinski definition) is 1. The van der Waals surface area contributed by atoms with Gasteiger partial charge in [-0.1, -0.05) is 12.1 Å². The number of likely N-dealkylation sites (tertiary alicyclic amines) is 1. The molecular formula is C26H24N2O6. The summed E-state index contributed by atoms with van der Waals surface area (Å²) in [6, 6.07) is 15.2. The first kappa shape index (κ1) is 21.6. The van der Waals surface area contributed by atoms with Gasteiger partial charge in [-0.15, -0.1) is 0 Å². The van der Waals surface area contributed by atoms with Crippen molar-refractivity contribution in [1.82, 2.24) is 4.90 Å². The Morgan fingerprint density at radius 3 is 2.44 bits per heavy atom. The van der Waals surface area contributed by atoms with Crippen molar-refractivity contribution in [2.75, 3.05) is 32.2 Å². The van der Waals surface area contributed by atoms with Crippen molar-refractivity contribution in [1.29, 1.82) is 0 Å². The van der Waals surface area contributed by atoms with Crippen LogP contribution in [0.5, 0.6) is 11.5 Å². The number of carbonyl (C=O) groups excluding carboxylic acids is 2. The Morgan fingerprint density at radius 1 is 1.03 bits per heavy atom. The van der Waals surface area contributed by atoms with E-state index in [-0.39, 0.29) is 17.9 Å². The Balaban J connectivity index is 1.62. The molecule has 3 heterocycles. The van der Waals surface area contributed by atoms with Gasteiger partial charge in [0, 0.05) is 25.3 Å². The molecule has 5 rings (SSSR count). The van der Waals surface area contributed by atoms with Gasteiger partial charge >= 0.3 is 0 Å². The molecule has 34 heavy (non-hydrogen) atoms. The number of aliphatic hydroxyl groups is 1. The van der Waals surface area contributed by atoms with Gasteiger partial charge in [-0.25, -0.2) is 0 Å². The van der Waals surface area contributed by atoms with Gasteiger partial charge in [-0.2, -0.15) is 0 Å². The highest BCUT2D eigenvalue weighted by atomic mass is 16.6. The van der Waals surface area contributed by atoms with E-state index in [0.717, 1.165) is 5.69 Å². The third-order valence-corrected chi connectivity index (χ3v) is 5.99. The summed E-state index contributed by atoms with van der Waals surface area (Å²) in [5.74, 6) is -0.128. The molecule has 1 atom stereocenters. The van der Waals surface area contributed by atoms with Crippen molar-refractivity contribution >= 4 is 23.1 Å². The van der Waals surface area contributed by atoms with Crippen LogP contribution in [-0.4, -0.2) is 49.0 Å². The van der Waals surface area contributed by atoms with E-state index in [0.29, 0.717) is 41.6 Å². The van der Waals surface area contributed by atoms with E-state index in [1.54, 1.807) is 30.3 Å². The van der Waals surface area contributed by atoms with E-state index >= 15 is 0 Å². The maximum absolute atomic E-state index is 13.2. The van der Waals surface area contributed by atoms with Crippen LogP contribution in [0.4, 0.5) is 5.69 Å². The molecule has 1 aromatic heterocycles. The van der Waals surface area contributed by atoms with Crippen LogP contribution >= 0.6 is 0 Å². The molecule has 0 bridgehead atoms. The summed E-state index contributed by atoms with van der Waals surface area (Å²) in [7, 11) is 3.86. The zero-order valence-corrected chi connectivity index (χ0v) is 18.9. The second-order valence-electron chi connectivity index (χ2n) is 8.35. The smallest absolute Gasteiger partial charge is 0.296 e. The van der Waals surface area contributed by atoms with Crippen molar-refractivity contribution in [3.05, 3.63) is 83.3 Å². The number of hydrogen-bond acceptors (Lipinski definition) is 7. The van der Waals surface area contributed by atoms with Gasteiger partial charge in [0.25, 0.3) is 11.7 Å². The number of Topliss-reactive ketones (excluding diaryl/α,β-unsaturated/α-hetero) is 1. The molecule has 3 aromatic rings. The number of ether oxygens (including phenoxy) is 2. The molecular weight excluding hydrogens is 436 g/mol. The van der Waals surface area contributed by atoms with Crippen LogP contribution in [0.1, 0.15) is 22.9 Å². The van der Waals surface area contributed by atoms with Crippen LogP contribution in [0.2, 0.25) is 0 Å². The van der Waals surface area contributed by atoms with Crippen LogP contribution in [0.3, 0.4) is 0 Å². The van der Waals surface area contributed by atoms with Gasteiger partial charge in [-0.3, -0.25) is 9.59 Å². The number of ketones is 1. The minimum absolute atomic E-state index is 0.0193. The van der Waals surface area contributed by atoms with Crippen molar-refractivity contribution in [3.63, 3.8) is 0 Å². The largest absolute Gasteiger partial charge is 0.507 e. The number of carbonyl (C=O) groups is 2. The topological polar surface area (TPSA) is 92.5 Å². The van der Waals surface area contributed by atoms with Crippen molar-refractivity contribution in [2.24, 2.45) is 0 Å². The molecule has 0 saturated carbocycles. The molecule has 1 saturated heterocycles. The molecule has 0 unspecified atom stereocenters. The molecule has 0 radical (unpaired) electrons. The number of furan rings is 1. The monoisotopic (exact) mass is 460 g/mol. The van der Waals surface area contributed by atoms with Gasteiger partial charge in [0.2, 0.25) is 0 Å². The molecule has 0 aliphatic carbocycles. The molecule has 2 aliphatic heterocycles. The van der Waals surface area contributed by atoms with Crippen molar-refractivity contribution in [2.45, 2.75) is 12.6 Å². The fourth-order valence-corrected chi connectivity index (χ4v) is 4.26. The van der Waals surface area contributed by atoms with Crippen molar-refractivity contribution < 1.29 is 28.6 Å². The van der Waals surface area contributed by atoms with Gasteiger partial charge in [0.15, 0.2) is 11.5 Å². The third kappa shape index (κ3) is 3.77. The second-order valence-corrected chi connectivity index (χ2v) is 8.35. The summed E-state index contributed by atoms with van der Waals surface area (Å²) >= 11 is 0. The average molecular weight is 460 g/mol. The summed E-state index contributed by atoms with van der Waals surface area (Å²) in [5, 5.41) is 11.3. The SMILES string of the molecule is CN(C)c1ccc([C@H]2C(=C(O)c3ccc4c(c3)OCCO4)C(=O)C(=O)N2Cc2ccco2)cc1. The van der Waals surface area contributed by atoms with Crippen LogP contribution in [0.15, 0.2) is 70.9 Å². The summed E-state index contributed by atoms with van der Waals surface area (Å²) in [6.07, 6.45) is 1.52. The molecule has 1 amide bonds. The Morgan fingerprint density at radius 2 is 1.76 bits per heavy atom. The fraction of sp³-hybridized carbons (Fsp3) is 0.231. The first-order valence-corrected chi connectivity index (χ1v) is 10.9. The normalized spacial score (nSPS) is 18.9. The summed E-state index contributed by atoms with van der Waals surface area (Å²) in [4.78, 5) is 29.7. The van der Waals surface area contributed by atoms with E-state index in [1.165, 1.54) is 11.2 Å². The first-order valence-electron chi connectivity index (χ1n) is 10.9. The van der Waals surface area contributed by atoms with Crippen LogP contribution in [-0.2, 0) is 16.1 Å². The van der Waals surface area contributed by atoms with E-state index < -0.39 is 17.7 Å². The highest BCUT2D eigenvalue weighted by Crippen LogP contribution is 2.42. The van der Waals surface area contributed by atoms with Crippen molar-refractivity contribution in [3.8, 4) is 11.5 Å². The lowest BCUT2D eigenvalue weighted by molar-refractivity contribution is -0.140. The Kier molecular flexibility index (Phi) is 5.49. The van der Waals surface area contributed by atoms with Crippen LogP contribution < -0.4 is 14.4 Å². The Bertz CT molecular complexity index is 1260. The highest BCUT2D eigenvalue weighted by molar-refractivity contribution is 6.46. The maximum atomic E-state index is 13.2. The molecule has 1 fully saturated rings. The standard InChI is InChI=1S/C26H24N2O6/c1-27(2)18-8-5-16(6-9-18)23-22(25(30)26(31)28(23)15-19-4-3-11-32-19)24(29)17-7-10-20-21(14-17)34-13-12-33-20/h3-11,14,23,29H,12-13,15H2,1-2H3/t23-/m0/s1. The van der Waals surface area contributed by atoms with Crippen LogP contribution in [0.25, 0.3) is 5.76 Å². The lowest BCUT2D eigenvalue weighted by Crippen LogP contribution is -2.29. The number of fused-ring (bicyclic) bond motifs is 1. The van der Waals surface area contributed by atoms with Gasteiger partial charge in [0.05, 0.1) is 24.4 Å². The van der Waals surface area contributed by atoms with Gasteiger partial charge in [0.1, 0.15) is 24.7 Å². The number of anilines is 1. The Hall–Kier alpha value is -4.20. The number of amides is 1. The lowest BCUT2D eigenvalue weighted by atomic mass is 9.95. The predicted molar refractivity (Wildman–Crippen MR) is 125 cm³/mol. The fourth-order valence-electron chi connectivity index (χ4n) is 4.26. The highest BCUT2D eigenvalue weighted by Gasteiger charge is 2.46. The molecule has 8 nitrogen and oxygen atoms in total. The molecule has 174 valence electrons. The van der Waals surface area contributed by atoms with Gasteiger partial charge in [-0.05, 0) is 48.0 Å². The molecule has 0 spiro atoms. The molecule has 2 aromatic carbocycles. The number of rotatable bonds is 5. The summed E-state index contributed by atoms with van der Waals surface area (Å²) in [6.45, 7) is 0.928. The van der Waals surface area contributed by atoms with Crippen LogP contribution in [0, 0.1) is 0 Å². The Labute approximate surface area is 196 Å². The van der Waals surface area contributed by atoms with E-state index in [2.05, 4.69) is 0 Å². The molecule has 2 aliphatic rings. The summed E-state index contributed by atoms with van der Waals surface area (Å²) < 4.78 is 16.6. The number of nitrogens with zero attached hydrogens (tertiary/aromatic N) is 2. The zero-order valence-electron chi connectivity index (χ0n) is 18.9. The minimum Gasteiger partial charge on any atom is -0.507 e.